The van der Waals surface area contributed by atoms with E-state index in [0.717, 1.165) is 22.2 Å². The van der Waals surface area contributed by atoms with E-state index in [1.165, 1.54) is 0 Å². The molecule has 0 saturated heterocycles. The van der Waals surface area contributed by atoms with Crippen LogP contribution < -0.4 is 5.48 Å². The smallest absolute Gasteiger partial charge is 0.268 e. The van der Waals surface area contributed by atoms with Crippen molar-refractivity contribution in [2.75, 3.05) is 0 Å². The van der Waals surface area contributed by atoms with E-state index in [-0.39, 0.29) is 0 Å². The van der Waals surface area contributed by atoms with Gasteiger partial charge >= 0.3 is 0 Å². The first-order chi connectivity index (χ1) is 13.2. The number of hydrogen-bond donors (Lipinski definition) is 2. The number of aromatic nitrogens is 5. The molecule has 3 aromatic heterocycles. The molecule has 4 rings (SSSR count). The highest BCUT2D eigenvalue weighted by Gasteiger charge is 2.24. The Balaban J connectivity index is 1.74. The van der Waals surface area contributed by atoms with Crippen LogP contribution >= 0.6 is 0 Å². The molecule has 4 aromatic rings. The second-order valence-corrected chi connectivity index (χ2v) is 6.25. The van der Waals surface area contributed by atoms with Crippen molar-refractivity contribution < 1.29 is 10.0 Å². The van der Waals surface area contributed by atoms with Crippen LogP contribution in [0.5, 0.6) is 0 Å². The van der Waals surface area contributed by atoms with Crippen LogP contribution in [-0.4, -0.2) is 35.7 Å². The van der Waals surface area contributed by atoms with Crippen molar-refractivity contribution in [3.05, 3.63) is 66.6 Å². The van der Waals surface area contributed by atoms with E-state index in [1.807, 2.05) is 49.5 Å². The summed E-state index contributed by atoms with van der Waals surface area (Å²) in [5, 5.41) is 18.5. The Bertz CT molecular complexity index is 1090. The number of pyridine rings is 1. The molecule has 0 spiro atoms. The second kappa shape index (κ2) is 7.00. The number of aryl methyl sites for hydroxylation is 1. The quantitative estimate of drug-likeness (QED) is 0.419. The topological polar surface area (TPSA) is 97.9 Å². The van der Waals surface area contributed by atoms with E-state index in [2.05, 4.69) is 15.2 Å². The molecule has 0 aliphatic rings. The Morgan fingerprint density at radius 1 is 1.19 bits per heavy atom. The molecule has 0 radical (unpaired) electrons. The Kier molecular flexibility index (Phi) is 4.39. The van der Waals surface area contributed by atoms with Crippen LogP contribution in [0, 0.1) is 0 Å². The summed E-state index contributed by atoms with van der Waals surface area (Å²) in [5.41, 5.74) is 5.12. The van der Waals surface area contributed by atoms with E-state index in [0.29, 0.717) is 12.1 Å². The molecular weight excluding hydrogens is 344 g/mol. The summed E-state index contributed by atoms with van der Waals surface area (Å²) in [6.07, 6.45) is 5.51. The van der Waals surface area contributed by atoms with E-state index in [1.54, 1.807) is 33.4 Å². The molecule has 8 nitrogen and oxygen atoms in total. The summed E-state index contributed by atoms with van der Waals surface area (Å²) in [7, 11) is 1.87. The maximum absolute atomic E-state index is 12.3. The molecule has 136 valence electrons. The number of carbonyl (C=O) groups is 1. The Labute approximate surface area is 155 Å². The number of carbonyl (C=O) groups excluding carboxylic acids is 1. The first-order valence-corrected chi connectivity index (χ1v) is 8.47. The largest absolute Gasteiger partial charge is 0.289 e. The molecule has 0 saturated carbocycles. The summed E-state index contributed by atoms with van der Waals surface area (Å²) in [6, 6.07) is 12.7. The van der Waals surface area contributed by atoms with Gasteiger partial charge < -0.3 is 0 Å². The first kappa shape index (κ1) is 16.9. The van der Waals surface area contributed by atoms with Crippen LogP contribution in [0.1, 0.15) is 11.6 Å². The van der Waals surface area contributed by atoms with Crippen molar-refractivity contribution in [2.24, 2.45) is 7.05 Å². The fourth-order valence-electron chi connectivity index (χ4n) is 3.17. The van der Waals surface area contributed by atoms with E-state index >= 15 is 0 Å². The van der Waals surface area contributed by atoms with Gasteiger partial charge in [0.2, 0.25) is 0 Å². The van der Waals surface area contributed by atoms with E-state index < -0.39 is 11.9 Å². The van der Waals surface area contributed by atoms with Crippen molar-refractivity contribution in [3.63, 3.8) is 0 Å². The van der Waals surface area contributed by atoms with Gasteiger partial charge in [-0.2, -0.15) is 10.2 Å². The van der Waals surface area contributed by atoms with Gasteiger partial charge in [0.1, 0.15) is 6.04 Å². The zero-order valence-electron chi connectivity index (χ0n) is 14.6. The Hall–Kier alpha value is -3.52. The fraction of sp³-hybridized carbons (Fsp3) is 0.158. The lowest BCUT2D eigenvalue weighted by molar-refractivity contribution is -0.132. The van der Waals surface area contributed by atoms with Crippen molar-refractivity contribution in [3.8, 4) is 11.3 Å². The molecule has 8 heteroatoms. The monoisotopic (exact) mass is 362 g/mol. The van der Waals surface area contributed by atoms with Crippen LogP contribution in [0.25, 0.3) is 22.3 Å². The average molecular weight is 362 g/mol. The van der Waals surface area contributed by atoms with Gasteiger partial charge in [0.05, 0.1) is 11.9 Å². The molecule has 1 atom stereocenters. The summed E-state index contributed by atoms with van der Waals surface area (Å²) >= 11 is 0. The number of hydrogen-bond acceptors (Lipinski definition) is 5. The van der Waals surface area contributed by atoms with E-state index in [4.69, 9.17) is 0 Å². The van der Waals surface area contributed by atoms with Crippen LogP contribution in [0.2, 0.25) is 0 Å². The highest BCUT2D eigenvalue weighted by atomic mass is 16.5. The van der Waals surface area contributed by atoms with Gasteiger partial charge in [-0.1, -0.05) is 30.3 Å². The van der Waals surface area contributed by atoms with Crippen LogP contribution in [-0.2, 0) is 18.3 Å². The van der Waals surface area contributed by atoms with Gasteiger partial charge in [0.15, 0.2) is 5.65 Å². The summed E-state index contributed by atoms with van der Waals surface area (Å²) in [6.45, 7) is 0. The minimum atomic E-state index is -0.718. The second-order valence-electron chi connectivity index (χ2n) is 6.25. The summed E-state index contributed by atoms with van der Waals surface area (Å²) in [5.74, 6) is -0.540. The number of hydroxylamine groups is 1. The lowest BCUT2D eigenvalue weighted by Gasteiger charge is -2.16. The third-order valence-corrected chi connectivity index (χ3v) is 4.53. The predicted molar refractivity (Wildman–Crippen MR) is 98.8 cm³/mol. The maximum atomic E-state index is 12.3. The number of nitrogens with one attached hydrogen (secondary N) is 1. The van der Waals surface area contributed by atoms with Gasteiger partial charge in [-0.25, -0.2) is 15.1 Å². The van der Waals surface area contributed by atoms with Crippen LogP contribution in [0.15, 0.2) is 61.1 Å². The third kappa shape index (κ3) is 3.18. The van der Waals surface area contributed by atoms with Crippen molar-refractivity contribution in [2.45, 2.75) is 12.5 Å². The fourth-order valence-corrected chi connectivity index (χ4v) is 3.17. The lowest BCUT2D eigenvalue weighted by atomic mass is 10.1. The highest BCUT2D eigenvalue weighted by molar-refractivity contribution is 5.84. The Morgan fingerprint density at radius 3 is 2.70 bits per heavy atom. The predicted octanol–water partition coefficient (Wildman–Crippen LogP) is 2.12. The zero-order valence-corrected chi connectivity index (χ0v) is 14.6. The minimum absolute atomic E-state index is 0.384. The molecule has 0 aliphatic carbocycles. The molecule has 3 heterocycles. The number of benzene rings is 1. The molecule has 0 fully saturated rings. The van der Waals surface area contributed by atoms with Gasteiger partial charge in [0, 0.05) is 36.8 Å². The molecule has 2 N–H and O–H groups in total. The number of fused-ring (bicyclic) bond motifs is 1. The van der Waals surface area contributed by atoms with Gasteiger partial charge in [-0.3, -0.25) is 14.7 Å². The highest BCUT2D eigenvalue weighted by Crippen LogP contribution is 2.24. The normalized spacial score (nSPS) is 12.2. The van der Waals surface area contributed by atoms with Gasteiger partial charge in [-0.15, -0.1) is 0 Å². The lowest BCUT2D eigenvalue weighted by Crippen LogP contribution is -2.32. The molecule has 0 aliphatic heterocycles. The first-order valence-electron chi connectivity index (χ1n) is 8.47. The molecule has 1 aromatic carbocycles. The molecule has 27 heavy (non-hydrogen) atoms. The average Bonchev–Trinajstić information content (AvgIpc) is 3.32. The van der Waals surface area contributed by atoms with Crippen molar-refractivity contribution in [1.82, 2.24) is 30.0 Å². The summed E-state index contributed by atoms with van der Waals surface area (Å²) in [4.78, 5) is 16.8. The number of amides is 1. The SMILES string of the molecule is Cn1nccc1-c1cnc2c(cnn2C(Cc2ccccc2)C(=O)NO)c1. The molecule has 1 amide bonds. The Morgan fingerprint density at radius 2 is 2.00 bits per heavy atom. The molecule has 1 unspecified atom stereocenters. The number of rotatable bonds is 5. The van der Waals surface area contributed by atoms with Gasteiger partial charge in [0.25, 0.3) is 5.91 Å². The van der Waals surface area contributed by atoms with Crippen molar-refractivity contribution in [1.29, 1.82) is 0 Å². The zero-order chi connectivity index (χ0) is 18.8. The van der Waals surface area contributed by atoms with Crippen molar-refractivity contribution >= 4 is 16.9 Å². The third-order valence-electron chi connectivity index (χ3n) is 4.53. The maximum Gasteiger partial charge on any atom is 0.268 e. The minimum Gasteiger partial charge on any atom is -0.289 e. The number of nitrogens with zero attached hydrogens (tertiary/aromatic N) is 5. The van der Waals surface area contributed by atoms with E-state index in [9.17, 15) is 10.0 Å². The molecular formula is C19H18N6O2. The van der Waals surface area contributed by atoms with Gasteiger partial charge in [-0.05, 0) is 17.7 Å². The standard InChI is InChI=1S/C19H18N6O2/c1-24-16(7-8-21-24)14-10-15-12-22-25(18(15)20-11-14)17(19(26)23-27)9-13-5-3-2-4-6-13/h2-8,10-12,17,27H,9H2,1H3,(H,23,26). The molecule has 0 bridgehead atoms. The summed E-state index contributed by atoms with van der Waals surface area (Å²) < 4.78 is 3.31. The van der Waals surface area contributed by atoms with Crippen LogP contribution in [0.3, 0.4) is 0 Å². The van der Waals surface area contributed by atoms with Crippen LogP contribution in [0.4, 0.5) is 0 Å².